The summed E-state index contributed by atoms with van der Waals surface area (Å²) >= 11 is 0. The van der Waals surface area contributed by atoms with Gasteiger partial charge < -0.3 is 14.1 Å². The monoisotopic (exact) mass is 206 g/mol. The van der Waals surface area contributed by atoms with E-state index in [9.17, 15) is 4.79 Å². The van der Waals surface area contributed by atoms with Crippen molar-refractivity contribution in [3.05, 3.63) is 42.4 Å². The van der Waals surface area contributed by atoms with Gasteiger partial charge in [-0.3, -0.25) is 0 Å². The maximum atomic E-state index is 10.6. The third-order valence-electron chi connectivity index (χ3n) is 2.22. The fourth-order valence-electron chi connectivity index (χ4n) is 1.33. The number of carboxylic acid groups (broad SMARTS) is 1. The molecule has 1 atom stereocenters. The number of rotatable bonds is 3. The molecule has 0 amide bonds. The van der Waals surface area contributed by atoms with Crippen LogP contribution in [0.3, 0.4) is 0 Å². The van der Waals surface area contributed by atoms with Crippen LogP contribution in [-0.2, 0) is 0 Å². The van der Waals surface area contributed by atoms with Gasteiger partial charge in [0.15, 0.2) is 5.69 Å². The smallest absolute Gasteiger partial charge is 0.356 e. The van der Waals surface area contributed by atoms with Gasteiger partial charge in [0.25, 0.3) is 0 Å². The summed E-state index contributed by atoms with van der Waals surface area (Å²) in [7, 11) is 0. The molecule has 0 aliphatic rings. The van der Waals surface area contributed by atoms with Gasteiger partial charge in [0.1, 0.15) is 5.76 Å². The molecule has 0 aromatic carbocycles. The van der Waals surface area contributed by atoms with Gasteiger partial charge in [-0.2, -0.15) is 0 Å². The van der Waals surface area contributed by atoms with Crippen molar-refractivity contribution in [3.63, 3.8) is 0 Å². The van der Waals surface area contributed by atoms with Gasteiger partial charge in [-0.25, -0.2) is 9.78 Å². The van der Waals surface area contributed by atoms with Gasteiger partial charge in [-0.15, -0.1) is 0 Å². The Morgan fingerprint density at radius 1 is 1.67 bits per heavy atom. The Hall–Kier alpha value is -2.04. The number of hydrogen-bond acceptors (Lipinski definition) is 3. The summed E-state index contributed by atoms with van der Waals surface area (Å²) in [4.78, 5) is 14.4. The normalized spacial score (nSPS) is 12.6. The molecule has 0 spiro atoms. The van der Waals surface area contributed by atoms with Crippen LogP contribution in [-0.4, -0.2) is 20.6 Å². The topological polar surface area (TPSA) is 68.3 Å². The minimum atomic E-state index is -1.03. The highest BCUT2D eigenvalue weighted by Gasteiger charge is 2.13. The predicted molar refractivity (Wildman–Crippen MR) is 51.7 cm³/mol. The van der Waals surface area contributed by atoms with Gasteiger partial charge in [-0.05, 0) is 19.1 Å². The first-order valence-corrected chi connectivity index (χ1v) is 4.48. The van der Waals surface area contributed by atoms with Gasteiger partial charge in [0, 0.05) is 6.20 Å². The van der Waals surface area contributed by atoms with Crippen LogP contribution >= 0.6 is 0 Å². The van der Waals surface area contributed by atoms with Crippen LogP contribution in [0.1, 0.15) is 29.2 Å². The summed E-state index contributed by atoms with van der Waals surface area (Å²) in [6.45, 7) is 1.91. The number of hydrogen-bond donors (Lipinski definition) is 1. The Bertz CT molecular complexity index is 459. The molecule has 0 aliphatic carbocycles. The van der Waals surface area contributed by atoms with E-state index in [0.29, 0.717) is 0 Å². The van der Waals surface area contributed by atoms with Crippen LogP contribution in [0.4, 0.5) is 0 Å². The van der Waals surface area contributed by atoms with Crippen LogP contribution in [0.25, 0.3) is 0 Å². The van der Waals surface area contributed by atoms with Gasteiger partial charge in [0.2, 0.25) is 0 Å². The van der Waals surface area contributed by atoms with Gasteiger partial charge >= 0.3 is 5.97 Å². The zero-order chi connectivity index (χ0) is 10.8. The molecule has 5 heteroatoms. The van der Waals surface area contributed by atoms with Crippen LogP contribution in [0.15, 0.2) is 35.3 Å². The van der Waals surface area contributed by atoms with Gasteiger partial charge in [-0.1, -0.05) is 0 Å². The Balaban J connectivity index is 2.26. The van der Waals surface area contributed by atoms with E-state index in [1.165, 1.54) is 12.5 Å². The molecule has 0 saturated heterocycles. The van der Waals surface area contributed by atoms with Crippen LogP contribution in [0.2, 0.25) is 0 Å². The lowest BCUT2D eigenvalue weighted by Crippen LogP contribution is -2.03. The summed E-state index contributed by atoms with van der Waals surface area (Å²) in [5.41, 5.74) is 0.0356. The summed E-state index contributed by atoms with van der Waals surface area (Å²) in [5.74, 6) is -0.260. The fourth-order valence-corrected chi connectivity index (χ4v) is 1.33. The molecule has 0 radical (unpaired) electrons. The number of imidazole rings is 1. The third kappa shape index (κ3) is 1.76. The second kappa shape index (κ2) is 3.61. The molecule has 78 valence electrons. The second-order valence-electron chi connectivity index (χ2n) is 3.20. The molecule has 2 rings (SSSR count). The van der Waals surface area contributed by atoms with Crippen molar-refractivity contribution in [3.8, 4) is 0 Å². The predicted octanol–water partition coefficient (Wildman–Crippen LogP) is 1.78. The molecule has 1 unspecified atom stereocenters. The van der Waals surface area contributed by atoms with Crippen molar-refractivity contribution >= 4 is 5.97 Å². The van der Waals surface area contributed by atoms with E-state index in [1.54, 1.807) is 16.9 Å². The van der Waals surface area contributed by atoms with Crippen molar-refractivity contribution in [2.24, 2.45) is 0 Å². The lowest BCUT2D eigenvalue weighted by Gasteiger charge is -2.08. The fraction of sp³-hybridized carbons (Fsp3) is 0.200. The largest absolute Gasteiger partial charge is 0.476 e. The van der Waals surface area contributed by atoms with Crippen molar-refractivity contribution in [1.82, 2.24) is 9.55 Å². The molecule has 0 fully saturated rings. The first kappa shape index (κ1) is 9.51. The van der Waals surface area contributed by atoms with Crippen molar-refractivity contribution in [2.75, 3.05) is 0 Å². The second-order valence-corrected chi connectivity index (χ2v) is 3.20. The summed E-state index contributed by atoms with van der Waals surface area (Å²) in [6, 6.07) is 3.58. The lowest BCUT2D eigenvalue weighted by atomic mass is 10.2. The number of carbonyl (C=O) groups is 1. The third-order valence-corrected chi connectivity index (χ3v) is 2.22. The zero-order valence-corrected chi connectivity index (χ0v) is 8.12. The number of carboxylic acids is 1. The standard InChI is InChI=1S/C10H10N2O3/c1-7(9-3-2-4-15-9)12-5-8(10(13)14)11-6-12/h2-7H,1H3,(H,13,14). The Morgan fingerprint density at radius 2 is 2.47 bits per heavy atom. The zero-order valence-electron chi connectivity index (χ0n) is 8.12. The van der Waals surface area contributed by atoms with E-state index >= 15 is 0 Å². The Kier molecular flexibility index (Phi) is 2.29. The first-order valence-electron chi connectivity index (χ1n) is 4.48. The highest BCUT2D eigenvalue weighted by Crippen LogP contribution is 2.18. The minimum absolute atomic E-state index is 0.0356. The Morgan fingerprint density at radius 3 is 3.00 bits per heavy atom. The number of aromatic carboxylic acids is 1. The van der Waals surface area contributed by atoms with E-state index in [2.05, 4.69) is 4.98 Å². The molecule has 1 N–H and O–H groups in total. The highest BCUT2D eigenvalue weighted by atomic mass is 16.4. The first-order chi connectivity index (χ1) is 7.18. The van der Waals surface area contributed by atoms with Crippen molar-refractivity contribution < 1.29 is 14.3 Å². The maximum absolute atomic E-state index is 10.6. The molecule has 0 saturated carbocycles. The maximum Gasteiger partial charge on any atom is 0.356 e. The minimum Gasteiger partial charge on any atom is -0.476 e. The molecule has 15 heavy (non-hydrogen) atoms. The van der Waals surface area contributed by atoms with E-state index in [1.807, 2.05) is 13.0 Å². The van der Waals surface area contributed by atoms with Crippen LogP contribution < -0.4 is 0 Å². The van der Waals surface area contributed by atoms with Crippen LogP contribution in [0, 0.1) is 0 Å². The van der Waals surface area contributed by atoms with E-state index in [4.69, 9.17) is 9.52 Å². The van der Waals surface area contributed by atoms with Crippen molar-refractivity contribution in [2.45, 2.75) is 13.0 Å². The quantitative estimate of drug-likeness (QED) is 0.831. The van der Waals surface area contributed by atoms with Gasteiger partial charge in [0.05, 0.1) is 18.6 Å². The van der Waals surface area contributed by atoms with E-state index in [0.717, 1.165) is 5.76 Å². The number of nitrogens with zero attached hydrogens (tertiary/aromatic N) is 2. The molecule has 2 heterocycles. The number of furan rings is 1. The van der Waals surface area contributed by atoms with E-state index in [-0.39, 0.29) is 11.7 Å². The van der Waals surface area contributed by atoms with E-state index < -0.39 is 5.97 Å². The highest BCUT2D eigenvalue weighted by molar-refractivity contribution is 5.84. The summed E-state index contributed by atoms with van der Waals surface area (Å²) in [6.07, 6.45) is 4.55. The van der Waals surface area contributed by atoms with Crippen LogP contribution in [0.5, 0.6) is 0 Å². The summed E-state index contributed by atoms with van der Waals surface area (Å²) < 4.78 is 6.92. The number of aromatic nitrogens is 2. The summed E-state index contributed by atoms with van der Waals surface area (Å²) in [5, 5.41) is 8.71. The molecule has 0 aliphatic heterocycles. The molecule has 0 bridgehead atoms. The SMILES string of the molecule is CC(c1ccco1)n1cnc(C(=O)O)c1. The molecule has 2 aromatic heterocycles. The molecule has 5 nitrogen and oxygen atoms in total. The molecule has 2 aromatic rings. The Labute approximate surface area is 86.0 Å². The molecular formula is C10H10N2O3. The average Bonchev–Trinajstić information content (AvgIpc) is 2.88. The molecular weight excluding hydrogens is 196 g/mol. The lowest BCUT2D eigenvalue weighted by molar-refractivity contribution is 0.0691. The van der Waals surface area contributed by atoms with Crippen molar-refractivity contribution in [1.29, 1.82) is 0 Å². The average molecular weight is 206 g/mol.